The van der Waals surface area contributed by atoms with Crippen LogP contribution < -0.4 is 10.2 Å². The van der Waals surface area contributed by atoms with Crippen molar-refractivity contribution in [3.8, 4) is 11.4 Å². The average Bonchev–Trinajstić information content (AvgIpc) is 3.31. The van der Waals surface area contributed by atoms with Crippen LogP contribution in [0.3, 0.4) is 0 Å². The molecule has 0 aliphatic carbocycles. The van der Waals surface area contributed by atoms with Gasteiger partial charge in [-0.1, -0.05) is 70.9 Å². The molecule has 6 heteroatoms. The van der Waals surface area contributed by atoms with Crippen molar-refractivity contribution in [3.63, 3.8) is 0 Å². The molecule has 0 bridgehead atoms. The first kappa shape index (κ1) is 22.6. The van der Waals surface area contributed by atoms with Gasteiger partial charge in [-0.3, -0.25) is 4.90 Å². The Morgan fingerprint density at radius 1 is 0.829 bits per heavy atom. The second-order valence-electron chi connectivity index (χ2n) is 9.19. The van der Waals surface area contributed by atoms with Crippen molar-refractivity contribution in [2.45, 2.75) is 40.7 Å². The summed E-state index contributed by atoms with van der Waals surface area (Å²) in [6.45, 7) is 10.1. The lowest BCUT2D eigenvalue weighted by molar-refractivity contribution is 0.244. The number of rotatable bonds is 4. The third kappa shape index (κ3) is 4.23. The lowest BCUT2D eigenvalue weighted by atomic mass is 9.93. The van der Waals surface area contributed by atoms with Crippen molar-refractivity contribution >= 4 is 17.3 Å². The number of hydrogen-bond acceptors (Lipinski definition) is 4. The molecule has 4 aromatic rings. The summed E-state index contributed by atoms with van der Waals surface area (Å²) in [5.41, 5.74) is 8.74. The Hall–Kier alpha value is -4.19. The number of benzene rings is 3. The third-order valence-electron chi connectivity index (χ3n) is 6.61. The average molecular weight is 465 g/mol. The van der Waals surface area contributed by atoms with E-state index in [0.717, 1.165) is 44.8 Å². The quantitative estimate of drug-likeness (QED) is 0.366. The van der Waals surface area contributed by atoms with Crippen LogP contribution in [-0.2, 0) is 0 Å². The van der Waals surface area contributed by atoms with Gasteiger partial charge in [-0.15, -0.1) is 0 Å². The topological polar surface area (TPSA) is 71.3 Å². The van der Waals surface area contributed by atoms with Gasteiger partial charge in [0.15, 0.2) is 0 Å². The Bertz CT molecular complexity index is 1430. The number of hydrogen-bond donors (Lipinski definition) is 1. The molecule has 1 aromatic heterocycles. The summed E-state index contributed by atoms with van der Waals surface area (Å²) < 4.78 is 5.80. The Balaban J connectivity index is 1.65. The predicted octanol–water partition coefficient (Wildman–Crippen LogP) is 6.67. The standard InChI is InChI=1S/C29H28N4O2/c1-17-6-11-22(12-7-17)26-25(28-31-27(32-35-28)23-13-8-18(2)9-14-23)21(5)33(29(34)30-26)24-15-10-19(3)20(4)16-24/h6-16,26H,1-5H3,(H,30,34). The Labute approximate surface area is 205 Å². The van der Waals surface area contributed by atoms with Gasteiger partial charge in [0, 0.05) is 11.3 Å². The van der Waals surface area contributed by atoms with Crippen molar-refractivity contribution in [3.05, 3.63) is 106 Å². The predicted molar refractivity (Wildman–Crippen MR) is 138 cm³/mol. The second-order valence-corrected chi connectivity index (χ2v) is 9.19. The van der Waals surface area contributed by atoms with E-state index in [9.17, 15) is 4.79 Å². The van der Waals surface area contributed by atoms with Crippen LogP contribution in [0.15, 0.2) is 77.0 Å². The van der Waals surface area contributed by atoms with Gasteiger partial charge in [-0.05, 0) is 63.4 Å². The summed E-state index contributed by atoms with van der Waals surface area (Å²) in [5.74, 6) is 0.898. The van der Waals surface area contributed by atoms with Gasteiger partial charge >= 0.3 is 6.03 Å². The number of amides is 2. The highest BCUT2D eigenvalue weighted by Crippen LogP contribution is 2.39. The molecule has 6 nitrogen and oxygen atoms in total. The minimum atomic E-state index is -0.419. The minimum Gasteiger partial charge on any atom is -0.334 e. The fourth-order valence-electron chi connectivity index (χ4n) is 4.36. The molecule has 0 radical (unpaired) electrons. The fraction of sp³-hybridized carbons (Fsp3) is 0.207. The minimum absolute atomic E-state index is 0.196. The van der Waals surface area contributed by atoms with E-state index >= 15 is 0 Å². The van der Waals surface area contributed by atoms with E-state index in [-0.39, 0.29) is 6.03 Å². The molecule has 1 unspecified atom stereocenters. The van der Waals surface area contributed by atoms with Crippen molar-refractivity contribution in [1.29, 1.82) is 0 Å². The van der Waals surface area contributed by atoms with Crippen LogP contribution in [0.2, 0.25) is 0 Å². The first-order chi connectivity index (χ1) is 16.8. The molecule has 2 amide bonds. The van der Waals surface area contributed by atoms with Crippen LogP contribution in [0.25, 0.3) is 17.0 Å². The number of carbonyl (C=O) groups excluding carboxylic acids is 1. The molecule has 0 fully saturated rings. The van der Waals surface area contributed by atoms with Gasteiger partial charge in [-0.25, -0.2) is 4.79 Å². The molecule has 1 aliphatic rings. The highest BCUT2D eigenvalue weighted by Gasteiger charge is 2.36. The largest absolute Gasteiger partial charge is 0.334 e. The zero-order chi connectivity index (χ0) is 24.7. The Morgan fingerprint density at radius 2 is 1.49 bits per heavy atom. The molecule has 2 heterocycles. The molecule has 1 atom stereocenters. The van der Waals surface area contributed by atoms with Crippen molar-refractivity contribution in [2.24, 2.45) is 0 Å². The lowest BCUT2D eigenvalue weighted by Crippen LogP contribution is -2.46. The number of allylic oxidation sites excluding steroid dienone is 1. The molecule has 3 aromatic carbocycles. The van der Waals surface area contributed by atoms with Crippen LogP contribution in [0, 0.1) is 27.7 Å². The molecule has 0 saturated carbocycles. The molecule has 1 aliphatic heterocycles. The smallest absolute Gasteiger partial charge is 0.326 e. The SMILES string of the molecule is CC1=C(c2nc(-c3ccc(C)cc3)no2)C(c2ccc(C)cc2)NC(=O)N1c1ccc(C)c(C)c1. The highest BCUT2D eigenvalue weighted by atomic mass is 16.5. The number of aromatic nitrogens is 2. The molecular formula is C29H28N4O2. The molecule has 0 saturated heterocycles. The number of nitrogens with zero attached hydrogens (tertiary/aromatic N) is 3. The van der Waals surface area contributed by atoms with Crippen LogP contribution in [-0.4, -0.2) is 16.2 Å². The number of nitrogens with one attached hydrogen (secondary N) is 1. The monoisotopic (exact) mass is 464 g/mol. The molecule has 35 heavy (non-hydrogen) atoms. The van der Waals surface area contributed by atoms with Crippen LogP contribution >= 0.6 is 0 Å². The number of anilines is 1. The fourth-order valence-corrected chi connectivity index (χ4v) is 4.36. The third-order valence-corrected chi connectivity index (χ3v) is 6.61. The Kier molecular flexibility index (Phi) is 5.73. The van der Waals surface area contributed by atoms with Gasteiger partial charge in [0.2, 0.25) is 5.82 Å². The van der Waals surface area contributed by atoms with Gasteiger partial charge < -0.3 is 9.84 Å². The molecule has 176 valence electrons. The van der Waals surface area contributed by atoms with Gasteiger partial charge in [0.1, 0.15) is 0 Å². The van der Waals surface area contributed by atoms with Crippen LogP contribution in [0.5, 0.6) is 0 Å². The van der Waals surface area contributed by atoms with Gasteiger partial charge in [0.05, 0.1) is 17.3 Å². The van der Waals surface area contributed by atoms with Gasteiger partial charge in [0.25, 0.3) is 5.89 Å². The summed E-state index contributed by atoms with van der Waals surface area (Å²) in [6, 6.07) is 21.5. The number of aryl methyl sites for hydroxylation is 4. The summed E-state index contributed by atoms with van der Waals surface area (Å²) in [4.78, 5) is 19.8. The van der Waals surface area contributed by atoms with Crippen molar-refractivity contribution in [2.75, 3.05) is 4.90 Å². The van der Waals surface area contributed by atoms with Crippen molar-refractivity contribution in [1.82, 2.24) is 15.5 Å². The highest BCUT2D eigenvalue weighted by molar-refractivity contribution is 6.01. The van der Waals surface area contributed by atoms with Crippen molar-refractivity contribution < 1.29 is 9.32 Å². The second kappa shape index (κ2) is 8.87. The normalized spacial score (nSPS) is 16.0. The molecule has 0 spiro atoms. The Morgan fingerprint density at radius 3 is 2.14 bits per heavy atom. The summed E-state index contributed by atoms with van der Waals surface area (Å²) in [6.07, 6.45) is 0. The van der Waals surface area contributed by atoms with Gasteiger partial charge in [-0.2, -0.15) is 4.98 Å². The van der Waals surface area contributed by atoms with E-state index in [2.05, 4.69) is 17.4 Å². The molecule has 5 rings (SSSR count). The maximum absolute atomic E-state index is 13.4. The molecular weight excluding hydrogens is 436 g/mol. The van der Waals surface area contributed by atoms with E-state index in [1.807, 2.05) is 94.4 Å². The first-order valence-corrected chi connectivity index (χ1v) is 11.7. The molecule has 1 N–H and O–H groups in total. The first-order valence-electron chi connectivity index (χ1n) is 11.7. The van der Waals surface area contributed by atoms with E-state index in [4.69, 9.17) is 9.51 Å². The zero-order valence-electron chi connectivity index (χ0n) is 20.6. The van der Waals surface area contributed by atoms with E-state index in [0.29, 0.717) is 11.7 Å². The van der Waals surface area contributed by atoms with Crippen LogP contribution in [0.4, 0.5) is 10.5 Å². The number of urea groups is 1. The maximum atomic E-state index is 13.4. The van der Waals surface area contributed by atoms with E-state index in [1.165, 1.54) is 5.56 Å². The maximum Gasteiger partial charge on any atom is 0.326 e. The zero-order valence-corrected chi connectivity index (χ0v) is 20.6. The van der Waals surface area contributed by atoms with Crippen LogP contribution in [0.1, 0.15) is 46.7 Å². The summed E-state index contributed by atoms with van der Waals surface area (Å²) in [7, 11) is 0. The lowest BCUT2D eigenvalue weighted by Gasteiger charge is -2.35. The number of carbonyl (C=O) groups is 1. The van der Waals surface area contributed by atoms with E-state index < -0.39 is 6.04 Å². The van der Waals surface area contributed by atoms with E-state index in [1.54, 1.807) is 4.90 Å². The summed E-state index contributed by atoms with van der Waals surface area (Å²) in [5, 5.41) is 7.43. The summed E-state index contributed by atoms with van der Waals surface area (Å²) >= 11 is 0.